The first kappa shape index (κ1) is 35.9. The summed E-state index contributed by atoms with van der Waals surface area (Å²) in [4.78, 5) is 11.1. The fraction of sp³-hybridized carbons (Fsp3) is 0.375. The highest BCUT2D eigenvalue weighted by molar-refractivity contribution is 6.74. The van der Waals surface area contributed by atoms with Gasteiger partial charge in [0.05, 0.1) is 6.10 Å². The van der Waals surface area contributed by atoms with Crippen LogP contribution in [0.25, 0.3) is 0 Å². The molecule has 0 heterocycles. The number of benzene rings is 4. The zero-order valence-corrected chi connectivity index (χ0v) is 29.8. The number of hydrogen-bond acceptors (Lipinski definition) is 5. The summed E-state index contributed by atoms with van der Waals surface area (Å²) in [5.41, 5.74) is 5.44. The number of ether oxygens (including phenoxy) is 2. The van der Waals surface area contributed by atoms with Gasteiger partial charge in [0, 0.05) is 25.1 Å². The van der Waals surface area contributed by atoms with Crippen molar-refractivity contribution in [1.29, 1.82) is 0 Å². The fourth-order valence-corrected chi connectivity index (χ4v) is 6.37. The van der Waals surface area contributed by atoms with Crippen molar-refractivity contribution >= 4 is 14.3 Å². The highest BCUT2D eigenvalue weighted by Gasteiger charge is 2.39. The van der Waals surface area contributed by atoms with E-state index < -0.39 is 14.3 Å². The highest BCUT2D eigenvalue weighted by atomic mass is 28.4. The minimum Gasteiger partial charge on any atom is -0.489 e. The summed E-state index contributed by atoms with van der Waals surface area (Å²) in [6.45, 7) is 15.1. The lowest BCUT2D eigenvalue weighted by Crippen LogP contribution is -2.44. The van der Waals surface area contributed by atoms with Gasteiger partial charge in [-0.25, -0.2) is 0 Å². The molecule has 0 aliphatic heterocycles. The van der Waals surface area contributed by atoms with Crippen LogP contribution < -0.4 is 14.8 Å². The molecule has 4 aromatic rings. The van der Waals surface area contributed by atoms with Crippen LogP contribution in [0.3, 0.4) is 0 Å². The Morgan fingerprint density at radius 1 is 0.766 bits per heavy atom. The molecule has 0 amide bonds. The molecule has 0 fully saturated rings. The molecule has 0 saturated heterocycles. The third kappa shape index (κ3) is 11.7. The van der Waals surface area contributed by atoms with Crippen molar-refractivity contribution < 1.29 is 23.8 Å². The molecule has 47 heavy (non-hydrogen) atoms. The monoisotopic (exact) mass is 653 g/mol. The Labute approximate surface area is 282 Å². The number of carbonyl (C=O) groups is 1. The van der Waals surface area contributed by atoms with Crippen LogP contribution in [0.2, 0.25) is 18.1 Å². The van der Waals surface area contributed by atoms with Crippen LogP contribution in [-0.2, 0) is 35.3 Å². The molecular weight excluding hydrogens is 603 g/mol. The van der Waals surface area contributed by atoms with Crippen molar-refractivity contribution in [3.63, 3.8) is 0 Å². The second-order valence-corrected chi connectivity index (χ2v) is 18.6. The summed E-state index contributed by atoms with van der Waals surface area (Å²) < 4.78 is 19.8. The van der Waals surface area contributed by atoms with Crippen molar-refractivity contribution in [3.8, 4) is 11.5 Å². The lowest BCUT2D eigenvalue weighted by atomic mass is 10.0. The van der Waals surface area contributed by atoms with Gasteiger partial charge in [-0.2, -0.15) is 0 Å². The van der Waals surface area contributed by atoms with Gasteiger partial charge < -0.3 is 24.3 Å². The average Bonchev–Trinajstić information content (AvgIpc) is 3.04. The second kappa shape index (κ2) is 16.8. The maximum Gasteiger partial charge on any atom is 0.303 e. The molecule has 0 saturated carbocycles. The Morgan fingerprint density at radius 3 is 1.83 bits per heavy atom. The first-order chi connectivity index (χ1) is 22.4. The Morgan fingerprint density at radius 2 is 1.30 bits per heavy atom. The number of aliphatic carboxylic acids is 1. The summed E-state index contributed by atoms with van der Waals surface area (Å²) >= 11 is 0. The first-order valence-electron chi connectivity index (χ1n) is 16.6. The number of carboxylic acid groups (broad SMARTS) is 1. The molecule has 0 aliphatic rings. The van der Waals surface area contributed by atoms with Gasteiger partial charge in [-0.15, -0.1) is 0 Å². The Kier molecular flexibility index (Phi) is 12.8. The van der Waals surface area contributed by atoms with Crippen LogP contribution in [0, 0.1) is 0 Å². The molecule has 2 N–H and O–H groups in total. The van der Waals surface area contributed by atoms with E-state index in [4.69, 9.17) is 19.0 Å². The van der Waals surface area contributed by atoms with Gasteiger partial charge in [-0.1, -0.05) is 106 Å². The smallest absolute Gasteiger partial charge is 0.303 e. The number of nitrogens with one attached hydrogen (secondary N) is 1. The first-order valence-corrected chi connectivity index (χ1v) is 19.5. The van der Waals surface area contributed by atoms with Gasteiger partial charge in [-0.05, 0) is 77.8 Å². The molecule has 4 aromatic carbocycles. The van der Waals surface area contributed by atoms with Gasteiger partial charge in [0.15, 0.2) is 8.32 Å². The standard InChI is InChI=1S/C40H51NO5Si/c1-30(22-34-19-13-18-31(23-34)20-21-39(42)43)41-27-38(46-47(5,6)40(2,3)4)35-24-36(44-28-32-14-9-7-10-15-32)26-37(25-35)45-29-33-16-11-8-12-17-33/h7-19,23-26,30,38,41H,20-22,27-29H2,1-6H3,(H,42,43)/t30-,38+/m1/s1. The normalized spacial score (nSPS) is 13.1. The van der Waals surface area contributed by atoms with Crippen LogP contribution in [0.4, 0.5) is 0 Å². The molecule has 4 rings (SSSR count). The predicted octanol–water partition coefficient (Wildman–Crippen LogP) is 9.15. The lowest BCUT2D eigenvalue weighted by molar-refractivity contribution is -0.136. The third-order valence-electron chi connectivity index (χ3n) is 8.83. The highest BCUT2D eigenvalue weighted by Crippen LogP contribution is 2.40. The van der Waals surface area contributed by atoms with Crippen molar-refractivity contribution in [1.82, 2.24) is 5.32 Å². The minimum atomic E-state index is -2.17. The maximum absolute atomic E-state index is 11.1. The zero-order chi connectivity index (χ0) is 33.9. The van der Waals surface area contributed by atoms with E-state index in [1.54, 1.807) is 0 Å². The topological polar surface area (TPSA) is 77.0 Å². The van der Waals surface area contributed by atoms with Crippen LogP contribution >= 0.6 is 0 Å². The molecule has 0 aliphatic carbocycles. The number of hydrogen-bond donors (Lipinski definition) is 2. The predicted molar refractivity (Wildman–Crippen MR) is 193 cm³/mol. The van der Waals surface area contributed by atoms with Crippen LogP contribution in [0.5, 0.6) is 11.5 Å². The Bertz CT molecular complexity index is 1490. The van der Waals surface area contributed by atoms with E-state index in [1.807, 2.05) is 54.6 Å². The summed E-state index contributed by atoms with van der Waals surface area (Å²) in [5.74, 6) is 0.704. The van der Waals surface area contributed by atoms with Crippen molar-refractivity contribution in [2.75, 3.05) is 6.54 Å². The lowest BCUT2D eigenvalue weighted by Gasteiger charge is -2.40. The summed E-state index contributed by atoms with van der Waals surface area (Å²) in [6.07, 6.45) is 1.26. The molecule has 0 spiro atoms. The molecular formula is C40H51NO5Si. The maximum atomic E-state index is 11.1. The molecule has 250 valence electrons. The summed E-state index contributed by atoms with van der Waals surface area (Å²) in [7, 11) is -2.17. The molecule has 0 bridgehead atoms. The Hall–Kier alpha value is -3.91. The Balaban J connectivity index is 1.57. The van der Waals surface area contributed by atoms with Crippen molar-refractivity contribution in [3.05, 3.63) is 131 Å². The molecule has 0 unspecified atom stereocenters. The van der Waals surface area contributed by atoms with Gasteiger partial charge in [-0.3, -0.25) is 4.79 Å². The molecule has 6 nitrogen and oxygen atoms in total. The van der Waals surface area contributed by atoms with Gasteiger partial charge in [0.2, 0.25) is 0 Å². The van der Waals surface area contributed by atoms with E-state index >= 15 is 0 Å². The SMILES string of the molecule is C[C@H](Cc1cccc(CCC(=O)O)c1)NC[C@H](O[Si](C)(C)C(C)(C)C)c1cc(OCc2ccccc2)cc(OCc2ccccc2)c1. The number of rotatable bonds is 17. The molecule has 0 aromatic heterocycles. The van der Waals surface area contributed by atoms with Gasteiger partial charge in [0.1, 0.15) is 24.7 Å². The second-order valence-electron chi connectivity index (χ2n) is 13.9. The molecule has 0 radical (unpaired) electrons. The van der Waals surface area contributed by atoms with Crippen molar-refractivity contribution in [2.45, 2.75) is 90.4 Å². The van der Waals surface area contributed by atoms with Crippen LogP contribution in [-0.4, -0.2) is 32.0 Å². The van der Waals surface area contributed by atoms with Crippen molar-refractivity contribution in [2.24, 2.45) is 0 Å². The third-order valence-corrected chi connectivity index (χ3v) is 13.3. The number of carboxylic acids is 1. The van der Waals surface area contributed by atoms with E-state index in [2.05, 4.69) is 94.6 Å². The van der Waals surface area contributed by atoms with Gasteiger partial charge >= 0.3 is 5.97 Å². The van der Waals surface area contributed by atoms with E-state index in [-0.39, 0.29) is 23.6 Å². The van der Waals surface area contributed by atoms with E-state index in [1.165, 1.54) is 5.56 Å². The summed E-state index contributed by atoms with van der Waals surface area (Å²) in [5, 5.41) is 12.9. The van der Waals surface area contributed by atoms with Crippen LogP contribution in [0.1, 0.15) is 68.0 Å². The molecule has 7 heteroatoms. The quantitative estimate of drug-likeness (QED) is 0.111. The van der Waals surface area contributed by atoms with E-state index in [0.29, 0.717) is 26.2 Å². The number of aryl methyl sites for hydroxylation is 1. The van der Waals surface area contributed by atoms with Crippen LogP contribution in [0.15, 0.2) is 103 Å². The van der Waals surface area contributed by atoms with E-state index in [0.717, 1.165) is 40.2 Å². The van der Waals surface area contributed by atoms with Gasteiger partial charge in [0.25, 0.3) is 0 Å². The van der Waals surface area contributed by atoms with E-state index in [9.17, 15) is 4.79 Å². The largest absolute Gasteiger partial charge is 0.489 e. The summed E-state index contributed by atoms with van der Waals surface area (Å²) in [6, 6.07) is 34.9. The minimum absolute atomic E-state index is 0.0291. The average molecular weight is 654 g/mol. The fourth-order valence-electron chi connectivity index (χ4n) is 5.09. The molecule has 2 atom stereocenters. The zero-order valence-electron chi connectivity index (χ0n) is 28.8.